The molecule has 0 spiro atoms. The molecule has 2 N–H and O–H groups in total. The summed E-state index contributed by atoms with van der Waals surface area (Å²) >= 11 is 5.95. The summed E-state index contributed by atoms with van der Waals surface area (Å²) in [6.07, 6.45) is 2.08. The second-order valence-corrected chi connectivity index (χ2v) is 5.62. The summed E-state index contributed by atoms with van der Waals surface area (Å²) in [5.41, 5.74) is -0.130. The van der Waals surface area contributed by atoms with Crippen LogP contribution in [0.2, 0.25) is 5.02 Å². The topological polar surface area (TPSA) is 52.6 Å². The number of carboxylic acids is 1. The van der Waals surface area contributed by atoms with Gasteiger partial charge in [0, 0.05) is 17.3 Å². The Labute approximate surface area is 118 Å². The molecule has 104 valence electrons. The van der Waals surface area contributed by atoms with E-state index in [2.05, 4.69) is 10.2 Å². The maximum Gasteiger partial charge on any atom is 0.329 e. The van der Waals surface area contributed by atoms with Gasteiger partial charge < -0.3 is 15.3 Å². The van der Waals surface area contributed by atoms with E-state index in [9.17, 15) is 9.90 Å². The zero-order chi connectivity index (χ0) is 13.9. The van der Waals surface area contributed by atoms with Crippen molar-refractivity contribution in [2.75, 3.05) is 25.5 Å². The SMILES string of the molecule is CN1CCCC(Nc2cccc(Cl)c2)(C(=O)O)CC1. The summed E-state index contributed by atoms with van der Waals surface area (Å²) in [6, 6.07) is 7.22. The number of anilines is 1. The maximum atomic E-state index is 11.7. The Morgan fingerprint density at radius 2 is 2.21 bits per heavy atom. The van der Waals surface area contributed by atoms with Gasteiger partial charge >= 0.3 is 5.97 Å². The summed E-state index contributed by atoms with van der Waals surface area (Å²) in [5, 5.41) is 13.4. The average Bonchev–Trinajstić information content (AvgIpc) is 2.53. The Kier molecular flexibility index (Phi) is 4.32. The monoisotopic (exact) mass is 282 g/mol. The first-order chi connectivity index (χ1) is 9.02. The molecule has 1 aromatic rings. The second-order valence-electron chi connectivity index (χ2n) is 5.18. The van der Waals surface area contributed by atoms with Crippen molar-refractivity contribution in [3.8, 4) is 0 Å². The van der Waals surface area contributed by atoms with Crippen LogP contribution in [0, 0.1) is 0 Å². The summed E-state index contributed by atoms with van der Waals surface area (Å²) in [4.78, 5) is 13.9. The van der Waals surface area contributed by atoms with Gasteiger partial charge in [-0.1, -0.05) is 17.7 Å². The summed E-state index contributed by atoms with van der Waals surface area (Å²) in [6.45, 7) is 1.71. The Bertz CT molecular complexity index is 467. The summed E-state index contributed by atoms with van der Waals surface area (Å²) in [7, 11) is 2.03. The first kappa shape index (κ1) is 14.2. The van der Waals surface area contributed by atoms with Crippen LogP contribution in [-0.2, 0) is 4.79 Å². The molecule has 5 heteroatoms. The molecule has 1 aliphatic heterocycles. The molecule has 1 aliphatic rings. The van der Waals surface area contributed by atoms with Crippen LogP contribution < -0.4 is 5.32 Å². The standard InChI is InChI=1S/C14H19ClN2O2/c1-17-8-3-6-14(7-9-17,13(18)19)16-12-5-2-4-11(15)10-12/h2,4-5,10,16H,3,6-9H2,1H3,(H,18,19). The number of halogens is 1. The van der Waals surface area contributed by atoms with Gasteiger partial charge in [-0.05, 0) is 51.1 Å². The minimum atomic E-state index is -0.893. The number of likely N-dealkylation sites (tertiary alicyclic amines) is 1. The number of hydrogen-bond acceptors (Lipinski definition) is 3. The van der Waals surface area contributed by atoms with Crippen molar-refractivity contribution in [3.05, 3.63) is 29.3 Å². The summed E-state index contributed by atoms with van der Waals surface area (Å²) in [5.74, 6) is -0.789. The molecule has 0 saturated carbocycles. The minimum Gasteiger partial charge on any atom is -0.480 e. The van der Waals surface area contributed by atoms with Crippen LogP contribution in [0.3, 0.4) is 0 Å². The smallest absolute Gasteiger partial charge is 0.329 e. The van der Waals surface area contributed by atoms with E-state index in [1.54, 1.807) is 12.1 Å². The van der Waals surface area contributed by atoms with Gasteiger partial charge in [0.25, 0.3) is 0 Å². The minimum absolute atomic E-state index is 0.589. The van der Waals surface area contributed by atoms with Gasteiger partial charge in [0.15, 0.2) is 0 Å². The van der Waals surface area contributed by atoms with Crippen LogP contribution >= 0.6 is 11.6 Å². The molecule has 0 bridgehead atoms. The third-order valence-corrected chi connectivity index (χ3v) is 3.92. The number of carboxylic acid groups (broad SMARTS) is 1. The number of nitrogens with one attached hydrogen (secondary N) is 1. The average molecular weight is 283 g/mol. The van der Waals surface area contributed by atoms with E-state index in [0.717, 1.165) is 25.2 Å². The highest BCUT2D eigenvalue weighted by molar-refractivity contribution is 6.30. The fourth-order valence-electron chi connectivity index (χ4n) is 2.50. The fourth-order valence-corrected chi connectivity index (χ4v) is 2.69. The molecular formula is C14H19ClN2O2. The lowest BCUT2D eigenvalue weighted by atomic mass is 9.90. The van der Waals surface area contributed by atoms with Gasteiger partial charge in [-0.2, -0.15) is 0 Å². The molecule has 1 aromatic carbocycles. The molecule has 1 atom stereocenters. The second kappa shape index (κ2) is 5.80. The number of carbonyl (C=O) groups is 1. The van der Waals surface area contributed by atoms with Crippen molar-refractivity contribution >= 4 is 23.3 Å². The van der Waals surface area contributed by atoms with Crippen LogP contribution in [0.25, 0.3) is 0 Å². The first-order valence-corrected chi connectivity index (χ1v) is 6.85. The summed E-state index contributed by atoms with van der Waals surface area (Å²) < 4.78 is 0. The van der Waals surface area contributed by atoms with E-state index < -0.39 is 11.5 Å². The molecule has 1 saturated heterocycles. The van der Waals surface area contributed by atoms with Gasteiger partial charge in [-0.15, -0.1) is 0 Å². The third kappa shape index (κ3) is 3.39. The van der Waals surface area contributed by atoms with Crippen molar-refractivity contribution in [1.82, 2.24) is 4.90 Å². The highest BCUT2D eigenvalue weighted by Gasteiger charge is 2.39. The van der Waals surface area contributed by atoms with Crippen LogP contribution in [0.5, 0.6) is 0 Å². The van der Waals surface area contributed by atoms with Crippen LogP contribution in [0.1, 0.15) is 19.3 Å². The Morgan fingerprint density at radius 1 is 1.42 bits per heavy atom. The number of rotatable bonds is 3. The molecule has 19 heavy (non-hydrogen) atoms. The predicted octanol–water partition coefficient (Wildman–Crippen LogP) is 2.69. The van der Waals surface area contributed by atoms with E-state index in [1.807, 2.05) is 19.2 Å². The Morgan fingerprint density at radius 3 is 2.89 bits per heavy atom. The predicted molar refractivity (Wildman–Crippen MR) is 76.8 cm³/mol. The van der Waals surface area contributed by atoms with Crippen molar-refractivity contribution < 1.29 is 9.90 Å². The van der Waals surface area contributed by atoms with Crippen molar-refractivity contribution in [3.63, 3.8) is 0 Å². The first-order valence-electron chi connectivity index (χ1n) is 6.47. The maximum absolute atomic E-state index is 11.7. The molecular weight excluding hydrogens is 264 g/mol. The Hall–Kier alpha value is -1.26. The molecule has 2 rings (SSSR count). The molecule has 0 aliphatic carbocycles. The molecule has 0 amide bonds. The molecule has 1 fully saturated rings. The number of benzene rings is 1. The molecule has 1 heterocycles. The van der Waals surface area contributed by atoms with Gasteiger partial charge in [0.05, 0.1) is 0 Å². The highest BCUT2D eigenvalue weighted by atomic mass is 35.5. The van der Waals surface area contributed by atoms with E-state index >= 15 is 0 Å². The quantitative estimate of drug-likeness (QED) is 0.895. The van der Waals surface area contributed by atoms with Crippen molar-refractivity contribution in [2.45, 2.75) is 24.8 Å². The lowest BCUT2D eigenvalue weighted by molar-refractivity contribution is -0.142. The van der Waals surface area contributed by atoms with Gasteiger partial charge in [0.1, 0.15) is 5.54 Å². The van der Waals surface area contributed by atoms with E-state index in [1.165, 1.54) is 0 Å². The Balaban J connectivity index is 2.22. The van der Waals surface area contributed by atoms with E-state index in [-0.39, 0.29) is 0 Å². The number of nitrogens with zero attached hydrogens (tertiary/aromatic N) is 1. The zero-order valence-corrected chi connectivity index (χ0v) is 11.8. The lowest BCUT2D eigenvalue weighted by Crippen LogP contribution is -2.47. The van der Waals surface area contributed by atoms with Gasteiger partial charge in [-0.3, -0.25) is 0 Å². The van der Waals surface area contributed by atoms with Gasteiger partial charge in [0.2, 0.25) is 0 Å². The van der Waals surface area contributed by atoms with Crippen molar-refractivity contribution in [2.24, 2.45) is 0 Å². The molecule has 4 nitrogen and oxygen atoms in total. The lowest BCUT2D eigenvalue weighted by Gasteiger charge is -2.30. The third-order valence-electron chi connectivity index (χ3n) is 3.68. The van der Waals surface area contributed by atoms with Crippen molar-refractivity contribution in [1.29, 1.82) is 0 Å². The van der Waals surface area contributed by atoms with E-state index in [0.29, 0.717) is 17.9 Å². The number of aliphatic carboxylic acids is 1. The van der Waals surface area contributed by atoms with Crippen LogP contribution in [0.15, 0.2) is 24.3 Å². The number of hydrogen-bond donors (Lipinski definition) is 2. The van der Waals surface area contributed by atoms with E-state index in [4.69, 9.17) is 11.6 Å². The zero-order valence-electron chi connectivity index (χ0n) is 11.0. The van der Waals surface area contributed by atoms with Crippen LogP contribution in [-0.4, -0.2) is 41.7 Å². The van der Waals surface area contributed by atoms with Crippen LogP contribution in [0.4, 0.5) is 5.69 Å². The van der Waals surface area contributed by atoms with Gasteiger partial charge in [-0.25, -0.2) is 4.79 Å². The fraction of sp³-hybridized carbons (Fsp3) is 0.500. The highest BCUT2D eigenvalue weighted by Crippen LogP contribution is 2.28. The normalized spacial score (nSPS) is 24.7. The largest absolute Gasteiger partial charge is 0.480 e. The molecule has 0 aromatic heterocycles. The molecule has 0 radical (unpaired) electrons. The molecule has 1 unspecified atom stereocenters.